The normalized spacial score (nSPS) is 10.3. The number of methoxy groups -OCH3 is 1. The molecule has 0 spiro atoms. The first-order chi connectivity index (χ1) is 7.22. The molecule has 2 aromatic rings. The van der Waals surface area contributed by atoms with Crippen molar-refractivity contribution in [3.05, 3.63) is 28.6 Å². The topological polar surface area (TPSA) is 52.3 Å². The third-order valence-electron chi connectivity index (χ3n) is 1.74. The maximum Gasteiger partial charge on any atom is 0.360 e. The van der Waals surface area contributed by atoms with E-state index in [9.17, 15) is 4.79 Å². The lowest BCUT2D eigenvalue weighted by atomic mass is 10.3. The Bertz CT molecular complexity index is 491. The van der Waals surface area contributed by atoms with Gasteiger partial charge < -0.3 is 9.15 Å². The van der Waals surface area contributed by atoms with Gasteiger partial charge in [-0.3, -0.25) is 0 Å². The maximum atomic E-state index is 11.3. The standard InChI is InChI=1S/C9H6ClNO3S/c1-13-9(12)7-8(14-4-11-7)6-2-5(10)3-15-6/h2-4H,1H3. The fraction of sp³-hybridized carbons (Fsp3) is 0.111. The SMILES string of the molecule is COC(=O)c1ncoc1-c1cc(Cl)cs1. The molecule has 0 N–H and O–H groups in total. The summed E-state index contributed by atoms with van der Waals surface area (Å²) >= 11 is 7.15. The predicted molar refractivity (Wildman–Crippen MR) is 56.2 cm³/mol. The van der Waals surface area contributed by atoms with E-state index in [0.29, 0.717) is 10.8 Å². The monoisotopic (exact) mass is 243 g/mol. The molecule has 0 fully saturated rings. The zero-order chi connectivity index (χ0) is 10.8. The van der Waals surface area contributed by atoms with Crippen molar-refractivity contribution in [1.29, 1.82) is 0 Å². The number of thiophene rings is 1. The van der Waals surface area contributed by atoms with E-state index in [1.165, 1.54) is 24.8 Å². The van der Waals surface area contributed by atoms with Gasteiger partial charge in [0.05, 0.1) is 17.0 Å². The summed E-state index contributed by atoms with van der Waals surface area (Å²) in [6.45, 7) is 0. The largest absolute Gasteiger partial charge is 0.464 e. The van der Waals surface area contributed by atoms with Gasteiger partial charge in [-0.1, -0.05) is 11.6 Å². The number of carbonyl (C=O) groups excluding carboxylic acids is 1. The molecule has 0 aliphatic rings. The molecule has 0 radical (unpaired) electrons. The second kappa shape index (κ2) is 4.04. The van der Waals surface area contributed by atoms with E-state index in [-0.39, 0.29) is 5.69 Å². The molecule has 15 heavy (non-hydrogen) atoms. The minimum Gasteiger partial charge on any atom is -0.464 e. The van der Waals surface area contributed by atoms with Crippen LogP contribution in [0.4, 0.5) is 0 Å². The number of oxazole rings is 1. The molecule has 6 heteroatoms. The van der Waals surface area contributed by atoms with Crippen molar-refractivity contribution in [2.24, 2.45) is 0 Å². The van der Waals surface area contributed by atoms with E-state index in [1.807, 2.05) is 0 Å². The number of halogens is 1. The van der Waals surface area contributed by atoms with Gasteiger partial charge in [0.15, 0.2) is 17.8 Å². The number of esters is 1. The molecular formula is C9H6ClNO3S. The van der Waals surface area contributed by atoms with Crippen LogP contribution in [0.15, 0.2) is 22.3 Å². The van der Waals surface area contributed by atoms with Crippen LogP contribution in [0.2, 0.25) is 5.02 Å². The van der Waals surface area contributed by atoms with Gasteiger partial charge in [0.1, 0.15) is 0 Å². The van der Waals surface area contributed by atoms with Gasteiger partial charge in [0.2, 0.25) is 0 Å². The Morgan fingerprint density at radius 1 is 1.67 bits per heavy atom. The smallest absolute Gasteiger partial charge is 0.360 e. The number of hydrogen-bond donors (Lipinski definition) is 0. The molecule has 0 aliphatic heterocycles. The highest BCUT2D eigenvalue weighted by Crippen LogP contribution is 2.31. The number of ether oxygens (including phenoxy) is 1. The van der Waals surface area contributed by atoms with Crippen LogP contribution in [0, 0.1) is 0 Å². The van der Waals surface area contributed by atoms with Gasteiger partial charge in [-0.05, 0) is 6.07 Å². The van der Waals surface area contributed by atoms with Gasteiger partial charge in [-0.2, -0.15) is 0 Å². The molecule has 0 saturated heterocycles. The highest BCUT2D eigenvalue weighted by molar-refractivity contribution is 7.14. The van der Waals surface area contributed by atoms with E-state index in [2.05, 4.69) is 9.72 Å². The molecule has 0 unspecified atom stereocenters. The van der Waals surface area contributed by atoms with E-state index < -0.39 is 5.97 Å². The third-order valence-corrected chi connectivity index (χ3v) is 3.01. The fourth-order valence-corrected chi connectivity index (χ4v) is 2.16. The van der Waals surface area contributed by atoms with Gasteiger partial charge in [-0.25, -0.2) is 9.78 Å². The Morgan fingerprint density at radius 2 is 2.47 bits per heavy atom. The summed E-state index contributed by atoms with van der Waals surface area (Å²) in [4.78, 5) is 15.8. The Labute approximate surface area is 94.5 Å². The van der Waals surface area contributed by atoms with Crippen LogP contribution < -0.4 is 0 Å². The lowest BCUT2D eigenvalue weighted by molar-refractivity contribution is 0.0595. The lowest BCUT2D eigenvalue weighted by Gasteiger charge is -1.95. The molecule has 0 aromatic carbocycles. The minimum atomic E-state index is -0.525. The number of rotatable bonds is 2. The summed E-state index contributed by atoms with van der Waals surface area (Å²) in [5, 5.41) is 2.35. The maximum absolute atomic E-state index is 11.3. The average Bonchev–Trinajstić information content (AvgIpc) is 2.84. The Hall–Kier alpha value is -1.33. The van der Waals surface area contributed by atoms with Gasteiger partial charge in [0, 0.05) is 5.38 Å². The molecule has 2 heterocycles. The van der Waals surface area contributed by atoms with Gasteiger partial charge >= 0.3 is 5.97 Å². The minimum absolute atomic E-state index is 0.163. The van der Waals surface area contributed by atoms with Gasteiger partial charge in [0.25, 0.3) is 0 Å². The summed E-state index contributed by atoms with van der Waals surface area (Å²) in [7, 11) is 1.29. The van der Waals surface area contributed by atoms with Crippen LogP contribution in [0.5, 0.6) is 0 Å². The van der Waals surface area contributed by atoms with Crippen LogP contribution in [-0.4, -0.2) is 18.1 Å². The number of nitrogens with zero attached hydrogens (tertiary/aromatic N) is 1. The van der Waals surface area contributed by atoms with Crippen LogP contribution in [0.25, 0.3) is 10.6 Å². The summed E-state index contributed by atoms with van der Waals surface area (Å²) in [6, 6.07) is 1.71. The van der Waals surface area contributed by atoms with Crippen molar-refractivity contribution in [3.8, 4) is 10.6 Å². The Balaban J connectivity index is 2.45. The summed E-state index contributed by atoms with van der Waals surface area (Å²) in [6.07, 6.45) is 1.20. The second-order valence-corrected chi connectivity index (χ2v) is 4.00. The van der Waals surface area contributed by atoms with Gasteiger partial charge in [-0.15, -0.1) is 11.3 Å². The molecule has 0 bridgehead atoms. The Morgan fingerprint density at radius 3 is 3.07 bits per heavy atom. The first kappa shape index (κ1) is 10.2. The van der Waals surface area contributed by atoms with Crippen LogP contribution >= 0.6 is 22.9 Å². The zero-order valence-electron chi connectivity index (χ0n) is 7.69. The number of aromatic nitrogens is 1. The predicted octanol–water partition coefficient (Wildman–Crippen LogP) is 2.84. The van der Waals surface area contributed by atoms with Crippen molar-refractivity contribution in [2.45, 2.75) is 0 Å². The summed E-state index contributed by atoms with van der Waals surface area (Å²) in [5.41, 5.74) is 0.163. The molecule has 2 aromatic heterocycles. The second-order valence-electron chi connectivity index (χ2n) is 2.65. The average molecular weight is 244 g/mol. The number of hydrogen-bond acceptors (Lipinski definition) is 5. The van der Waals surface area contributed by atoms with Crippen molar-refractivity contribution in [1.82, 2.24) is 4.98 Å². The van der Waals surface area contributed by atoms with Crippen LogP contribution in [0.3, 0.4) is 0 Å². The highest BCUT2D eigenvalue weighted by atomic mass is 35.5. The molecular weight excluding hydrogens is 238 g/mol. The summed E-state index contributed by atoms with van der Waals surface area (Å²) in [5.74, 6) is -0.137. The van der Waals surface area contributed by atoms with E-state index in [1.54, 1.807) is 11.4 Å². The molecule has 2 rings (SSSR count). The van der Waals surface area contributed by atoms with Crippen molar-refractivity contribution >= 4 is 28.9 Å². The van der Waals surface area contributed by atoms with Crippen LogP contribution in [-0.2, 0) is 4.74 Å². The first-order valence-electron chi connectivity index (χ1n) is 3.98. The molecule has 0 amide bonds. The molecule has 78 valence electrons. The first-order valence-corrected chi connectivity index (χ1v) is 5.24. The quantitative estimate of drug-likeness (QED) is 0.761. The van der Waals surface area contributed by atoms with Crippen molar-refractivity contribution in [2.75, 3.05) is 7.11 Å². The molecule has 0 aliphatic carbocycles. The van der Waals surface area contributed by atoms with E-state index >= 15 is 0 Å². The molecule has 0 saturated carbocycles. The highest BCUT2D eigenvalue weighted by Gasteiger charge is 2.19. The van der Waals surface area contributed by atoms with E-state index in [0.717, 1.165) is 4.88 Å². The third kappa shape index (κ3) is 1.88. The van der Waals surface area contributed by atoms with E-state index in [4.69, 9.17) is 16.0 Å². The molecule has 0 atom stereocenters. The summed E-state index contributed by atoms with van der Waals surface area (Å²) < 4.78 is 9.70. The zero-order valence-corrected chi connectivity index (χ0v) is 9.26. The Kier molecular flexibility index (Phi) is 2.75. The van der Waals surface area contributed by atoms with Crippen LogP contribution in [0.1, 0.15) is 10.5 Å². The van der Waals surface area contributed by atoms with Crippen molar-refractivity contribution in [3.63, 3.8) is 0 Å². The van der Waals surface area contributed by atoms with Crippen molar-refractivity contribution < 1.29 is 13.9 Å². The number of carbonyl (C=O) groups is 1. The molecule has 4 nitrogen and oxygen atoms in total. The lowest BCUT2D eigenvalue weighted by Crippen LogP contribution is -2.02. The fourth-order valence-electron chi connectivity index (χ4n) is 1.10.